The molecule has 0 radical (unpaired) electrons. The summed E-state index contributed by atoms with van der Waals surface area (Å²) in [6.45, 7) is 10.7. The van der Waals surface area contributed by atoms with E-state index in [0.717, 1.165) is 18.4 Å². The Balaban J connectivity index is 1.66. The lowest BCUT2D eigenvalue weighted by Crippen LogP contribution is -2.16. The van der Waals surface area contributed by atoms with E-state index in [9.17, 15) is 5.26 Å². The molecule has 5 heteroatoms. The summed E-state index contributed by atoms with van der Waals surface area (Å²) in [6, 6.07) is 7.56. The summed E-state index contributed by atoms with van der Waals surface area (Å²) >= 11 is 0. The van der Waals surface area contributed by atoms with Crippen molar-refractivity contribution in [2.24, 2.45) is 11.3 Å². The molecule has 5 nitrogen and oxygen atoms in total. The lowest BCUT2D eigenvalue weighted by atomic mass is 9.80. The number of allylic oxidation sites excluding steroid dienone is 6. The minimum atomic E-state index is -0.00458. The number of hydrogen-bond donors (Lipinski definition) is 0. The van der Waals surface area contributed by atoms with Crippen LogP contribution >= 0.6 is 0 Å². The molecule has 0 amide bonds. The monoisotopic (exact) mass is 401 g/mol. The zero-order valence-electron chi connectivity index (χ0n) is 18.2. The molecule has 4 rings (SSSR count). The predicted octanol–water partition coefficient (Wildman–Crippen LogP) is 6.10. The topological polar surface area (TPSA) is 71.9 Å². The van der Waals surface area contributed by atoms with Crippen LogP contribution < -0.4 is 4.74 Å². The second kappa shape index (κ2) is 7.60. The number of nitriles is 1. The van der Waals surface area contributed by atoms with E-state index >= 15 is 0 Å². The molecule has 1 atom stereocenters. The Hall–Kier alpha value is -3.13. The van der Waals surface area contributed by atoms with Gasteiger partial charge in [0.15, 0.2) is 0 Å². The molecular formula is C25H27N3O2. The van der Waals surface area contributed by atoms with Crippen LogP contribution in [0.4, 0.5) is 0 Å². The van der Waals surface area contributed by atoms with Gasteiger partial charge in [0.1, 0.15) is 11.8 Å². The molecule has 0 aliphatic heterocycles. The number of hydrogen-bond acceptors (Lipinski definition) is 5. The Bertz CT molecular complexity index is 1100. The first-order chi connectivity index (χ1) is 14.3. The van der Waals surface area contributed by atoms with Crippen molar-refractivity contribution in [3.8, 4) is 23.3 Å². The molecule has 1 aromatic heterocycles. The van der Waals surface area contributed by atoms with Crippen LogP contribution in [0.1, 0.15) is 58.8 Å². The molecule has 0 bridgehead atoms. The molecule has 2 aromatic rings. The Morgan fingerprint density at radius 2 is 2.07 bits per heavy atom. The van der Waals surface area contributed by atoms with Gasteiger partial charge in [-0.1, -0.05) is 44.2 Å². The van der Waals surface area contributed by atoms with E-state index < -0.39 is 0 Å². The van der Waals surface area contributed by atoms with Crippen LogP contribution in [0.15, 0.2) is 52.1 Å². The van der Waals surface area contributed by atoms with Crippen LogP contribution in [-0.4, -0.2) is 16.2 Å². The van der Waals surface area contributed by atoms with Crippen LogP contribution in [0.25, 0.3) is 17.0 Å². The van der Waals surface area contributed by atoms with Crippen LogP contribution in [0.2, 0.25) is 0 Å². The summed E-state index contributed by atoms with van der Waals surface area (Å²) in [4.78, 5) is 4.65. The number of fused-ring (bicyclic) bond motifs is 1. The van der Waals surface area contributed by atoms with E-state index in [0.29, 0.717) is 34.5 Å². The number of rotatable bonds is 4. The van der Waals surface area contributed by atoms with E-state index in [1.807, 2.05) is 19.9 Å². The van der Waals surface area contributed by atoms with Gasteiger partial charge in [0.05, 0.1) is 11.7 Å². The fourth-order valence-electron chi connectivity index (χ4n) is 3.95. The van der Waals surface area contributed by atoms with Crippen molar-refractivity contribution in [2.45, 2.75) is 53.6 Å². The van der Waals surface area contributed by atoms with E-state index in [4.69, 9.17) is 9.26 Å². The van der Waals surface area contributed by atoms with Crippen molar-refractivity contribution in [3.63, 3.8) is 0 Å². The summed E-state index contributed by atoms with van der Waals surface area (Å²) in [5.74, 6) is 2.07. The van der Waals surface area contributed by atoms with Gasteiger partial charge < -0.3 is 9.26 Å². The second-order valence-electron chi connectivity index (χ2n) is 9.28. The standard InChI is InChI=1S/C25H27N3O2/c1-15(2)29-22-10-9-17(11-18(22)14-26)24-27-23(28-30-24)20-8-6-7-16-12-19(13-21(16)20)25(3,4)5/h6,8-12,15,19H,7,13H2,1-5H3/t19-/m0/s1. The molecule has 1 aromatic carbocycles. The summed E-state index contributed by atoms with van der Waals surface area (Å²) in [6.07, 6.45) is 8.63. The Labute approximate surface area is 177 Å². The summed E-state index contributed by atoms with van der Waals surface area (Å²) in [5.41, 5.74) is 5.12. The number of nitrogens with zero attached hydrogens (tertiary/aromatic N) is 3. The predicted molar refractivity (Wildman–Crippen MR) is 117 cm³/mol. The average Bonchev–Trinajstić information content (AvgIpc) is 3.34. The maximum atomic E-state index is 9.49. The van der Waals surface area contributed by atoms with Crippen LogP contribution in [0, 0.1) is 22.7 Å². The third-order valence-electron chi connectivity index (χ3n) is 5.65. The highest BCUT2D eigenvalue weighted by atomic mass is 16.5. The van der Waals surface area contributed by atoms with Crippen LogP contribution in [0.5, 0.6) is 5.75 Å². The van der Waals surface area contributed by atoms with Gasteiger partial charge in [-0.3, -0.25) is 0 Å². The van der Waals surface area contributed by atoms with Crippen molar-refractivity contribution in [3.05, 3.63) is 59.0 Å². The van der Waals surface area contributed by atoms with Gasteiger partial charge in [-0.15, -0.1) is 0 Å². The van der Waals surface area contributed by atoms with Crippen molar-refractivity contribution >= 4 is 5.57 Å². The maximum absolute atomic E-state index is 9.49. The van der Waals surface area contributed by atoms with Gasteiger partial charge in [-0.2, -0.15) is 10.2 Å². The van der Waals surface area contributed by atoms with Crippen molar-refractivity contribution in [2.75, 3.05) is 0 Å². The van der Waals surface area contributed by atoms with Crippen molar-refractivity contribution < 1.29 is 9.26 Å². The Kier molecular flexibility index (Phi) is 5.11. The summed E-state index contributed by atoms with van der Waals surface area (Å²) in [7, 11) is 0. The second-order valence-corrected chi connectivity index (χ2v) is 9.28. The maximum Gasteiger partial charge on any atom is 0.258 e. The molecule has 0 saturated heterocycles. The molecule has 2 aliphatic rings. The molecule has 1 heterocycles. The SMILES string of the molecule is CC(C)Oc1ccc(-c2nc(C3=C4C[C@@H](C(C)(C)C)C=C4CC=C3)no2)cc1C#N. The van der Waals surface area contributed by atoms with E-state index in [2.05, 4.69) is 55.2 Å². The fourth-order valence-corrected chi connectivity index (χ4v) is 3.95. The van der Waals surface area contributed by atoms with Gasteiger partial charge in [0, 0.05) is 11.1 Å². The zero-order chi connectivity index (χ0) is 21.5. The van der Waals surface area contributed by atoms with Crippen molar-refractivity contribution in [1.82, 2.24) is 10.1 Å². The molecule has 154 valence electrons. The quantitative estimate of drug-likeness (QED) is 0.619. The van der Waals surface area contributed by atoms with Crippen LogP contribution in [0.3, 0.4) is 0 Å². The zero-order valence-corrected chi connectivity index (χ0v) is 18.2. The molecular weight excluding hydrogens is 374 g/mol. The highest BCUT2D eigenvalue weighted by molar-refractivity contribution is 5.79. The largest absolute Gasteiger partial charge is 0.490 e. The third-order valence-corrected chi connectivity index (χ3v) is 5.65. The lowest BCUT2D eigenvalue weighted by Gasteiger charge is -2.25. The number of ether oxygens (including phenoxy) is 1. The van der Waals surface area contributed by atoms with E-state index in [-0.39, 0.29) is 11.5 Å². The van der Waals surface area contributed by atoms with Gasteiger partial charge in [-0.25, -0.2) is 0 Å². The van der Waals surface area contributed by atoms with E-state index in [1.54, 1.807) is 12.1 Å². The Morgan fingerprint density at radius 3 is 2.77 bits per heavy atom. The summed E-state index contributed by atoms with van der Waals surface area (Å²) in [5, 5.41) is 13.7. The number of aromatic nitrogens is 2. The highest BCUT2D eigenvalue weighted by Crippen LogP contribution is 2.46. The normalized spacial score (nSPS) is 18.4. The smallest absolute Gasteiger partial charge is 0.258 e. The van der Waals surface area contributed by atoms with Crippen molar-refractivity contribution in [1.29, 1.82) is 5.26 Å². The molecule has 0 unspecified atom stereocenters. The first kappa shape index (κ1) is 20.2. The molecule has 0 saturated carbocycles. The third kappa shape index (κ3) is 3.82. The Morgan fingerprint density at radius 1 is 1.27 bits per heavy atom. The molecule has 2 aliphatic carbocycles. The van der Waals surface area contributed by atoms with Gasteiger partial charge in [0.2, 0.25) is 5.82 Å². The fraction of sp³-hybridized carbons (Fsp3) is 0.400. The highest BCUT2D eigenvalue weighted by Gasteiger charge is 2.33. The molecule has 0 fully saturated rings. The molecule has 30 heavy (non-hydrogen) atoms. The minimum absolute atomic E-state index is 0.00458. The van der Waals surface area contributed by atoms with Crippen LogP contribution in [-0.2, 0) is 0 Å². The summed E-state index contributed by atoms with van der Waals surface area (Å²) < 4.78 is 11.3. The van der Waals surface area contributed by atoms with Gasteiger partial charge in [0.25, 0.3) is 5.89 Å². The molecule has 0 spiro atoms. The first-order valence-corrected chi connectivity index (χ1v) is 10.4. The average molecular weight is 402 g/mol. The van der Waals surface area contributed by atoms with Gasteiger partial charge in [-0.05, 0) is 67.4 Å². The first-order valence-electron chi connectivity index (χ1n) is 10.4. The van der Waals surface area contributed by atoms with E-state index in [1.165, 1.54) is 11.1 Å². The molecule has 0 N–H and O–H groups in total. The lowest BCUT2D eigenvalue weighted by molar-refractivity contribution is 0.241. The minimum Gasteiger partial charge on any atom is -0.490 e. The number of benzene rings is 1. The van der Waals surface area contributed by atoms with Gasteiger partial charge >= 0.3 is 0 Å².